The number of hydrogen-bond acceptors (Lipinski definition) is 6. The minimum Gasteiger partial charge on any atom is -0.490 e. The Morgan fingerprint density at radius 1 is 1.19 bits per heavy atom. The zero-order valence-corrected chi connectivity index (χ0v) is 15.8. The first-order valence-electron chi connectivity index (χ1n) is 8.23. The molecule has 0 unspecified atom stereocenters. The SMILES string of the molecule is N#Cc1ccc(OC2CCC(N)CC2)cc1Cl.O=C(O)c1ccc(Cl)nn1. The number of nitrogens with two attached hydrogens (primary N) is 1. The molecule has 7 nitrogen and oxygen atoms in total. The Morgan fingerprint density at radius 2 is 1.89 bits per heavy atom. The van der Waals surface area contributed by atoms with Crippen molar-refractivity contribution in [3.8, 4) is 11.8 Å². The lowest BCUT2D eigenvalue weighted by atomic mass is 9.94. The van der Waals surface area contributed by atoms with Crippen LogP contribution in [0, 0.1) is 11.3 Å². The molecule has 0 radical (unpaired) electrons. The van der Waals surface area contributed by atoms with Crippen LogP contribution in [0.3, 0.4) is 0 Å². The van der Waals surface area contributed by atoms with Crippen LogP contribution >= 0.6 is 23.2 Å². The number of halogens is 2. The van der Waals surface area contributed by atoms with Crippen molar-refractivity contribution in [2.45, 2.75) is 37.8 Å². The second-order valence-corrected chi connectivity index (χ2v) is 6.75. The van der Waals surface area contributed by atoms with E-state index < -0.39 is 5.97 Å². The van der Waals surface area contributed by atoms with Crippen LogP contribution in [-0.2, 0) is 0 Å². The van der Waals surface area contributed by atoms with E-state index in [1.54, 1.807) is 18.2 Å². The number of rotatable bonds is 3. The van der Waals surface area contributed by atoms with Crippen LogP contribution < -0.4 is 10.5 Å². The van der Waals surface area contributed by atoms with E-state index in [1.807, 2.05) is 6.07 Å². The molecule has 1 aromatic carbocycles. The number of carbonyl (C=O) groups is 1. The summed E-state index contributed by atoms with van der Waals surface area (Å²) in [6, 6.07) is 10.2. The molecule has 0 spiro atoms. The zero-order valence-electron chi connectivity index (χ0n) is 14.3. The van der Waals surface area contributed by atoms with E-state index in [-0.39, 0.29) is 17.0 Å². The summed E-state index contributed by atoms with van der Waals surface area (Å²) in [5, 5.41) is 24.4. The first-order chi connectivity index (χ1) is 12.9. The molecular formula is C18H18Cl2N4O3. The van der Waals surface area contributed by atoms with E-state index in [0.29, 0.717) is 16.6 Å². The van der Waals surface area contributed by atoms with Gasteiger partial charge in [-0.1, -0.05) is 23.2 Å². The van der Waals surface area contributed by atoms with E-state index in [4.69, 9.17) is 44.0 Å². The van der Waals surface area contributed by atoms with Gasteiger partial charge >= 0.3 is 5.97 Å². The highest BCUT2D eigenvalue weighted by molar-refractivity contribution is 6.31. The summed E-state index contributed by atoms with van der Waals surface area (Å²) in [5.41, 5.74) is 6.21. The van der Waals surface area contributed by atoms with E-state index >= 15 is 0 Å². The molecule has 0 aliphatic heterocycles. The largest absolute Gasteiger partial charge is 0.490 e. The van der Waals surface area contributed by atoms with E-state index in [9.17, 15) is 4.79 Å². The topological polar surface area (TPSA) is 122 Å². The molecule has 1 saturated carbocycles. The van der Waals surface area contributed by atoms with Crippen LogP contribution in [0.4, 0.5) is 0 Å². The number of carboxylic acids is 1. The smallest absolute Gasteiger partial charge is 0.356 e. The van der Waals surface area contributed by atoms with Crippen molar-refractivity contribution in [2.24, 2.45) is 5.73 Å². The number of nitriles is 1. The fourth-order valence-corrected chi connectivity index (χ4v) is 2.80. The van der Waals surface area contributed by atoms with Crippen molar-refractivity contribution in [3.05, 3.63) is 51.8 Å². The number of aromatic nitrogens is 2. The number of nitrogens with zero attached hydrogens (tertiary/aromatic N) is 3. The van der Waals surface area contributed by atoms with Gasteiger partial charge in [0.15, 0.2) is 10.8 Å². The summed E-state index contributed by atoms with van der Waals surface area (Å²) in [4.78, 5) is 10.2. The molecule has 0 atom stereocenters. The first-order valence-corrected chi connectivity index (χ1v) is 8.99. The lowest BCUT2D eigenvalue weighted by molar-refractivity contribution is 0.0689. The molecule has 2 aromatic rings. The Morgan fingerprint density at radius 3 is 2.41 bits per heavy atom. The highest BCUT2D eigenvalue weighted by atomic mass is 35.5. The Labute approximate surface area is 166 Å². The standard InChI is InChI=1S/C13H15ClN2O.C5H3ClN2O2/c14-13-7-12(4-1-9(13)8-15)17-11-5-2-10(16)3-6-11;6-4-2-1-3(5(9)10)7-8-4/h1,4,7,10-11H,2-3,5-6,16H2;1-2H,(H,9,10). The van der Waals surface area contributed by atoms with Crippen molar-refractivity contribution in [1.29, 1.82) is 5.26 Å². The summed E-state index contributed by atoms with van der Waals surface area (Å²) < 4.78 is 5.83. The third-order valence-electron chi connectivity index (χ3n) is 3.93. The summed E-state index contributed by atoms with van der Waals surface area (Å²) in [6.45, 7) is 0. The lowest BCUT2D eigenvalue weighted by Gasteiger charge is -2.26. The van der Waals surface area contributed by atoms with Crippen molar-refractivity contribution < 1.29 is 14.6 Å². The van der Waals surface area contributed by atoms with Crippen LogP contribution in [0.5, 0.6) is 5.75 Å². The molecule has 0 bridgehead atoms. The fraction of sp³-hybridized carbons (Fsp3) is 0.333. The number of benzene rings is 1. The lowest BCUT2D eigenvalue weighted by Crippen LogP contribution is -2.31. The molecule has 27 heavy (non-hydrogen) atoms. The van der Waals surface area contributed by atoms with Crippen LogP contribution in [-0.4, -0.2) is 33.4 Å². The third-order valence-corrected chi connectivity index (χ3v) is 4.45. The Kier molecular flexibility index (Phi) is 7.80. The molecule has 1 aliphatic carbocycles. The molecule has 0 amide bonds. The minimum atomic E-state index is -1.11. The normalized spacial score (nSPS) is 18.6. The number of hydrogen-bond donors (Lipinski definition) is 2. The summed E-state index contributed by atoms with van der Waals surface area (Å²) >= 11 is 11.3. The average molecular weight is 409 g/mol. The van der Waals surface area contributed by atoms with Gasteiger partial charge in [0, 0.05) is 12.1 Å². The number of carboxylic acid groups (broad SMARTS) is 1. The first kappa shape index (κ1) is 20.9. The maximum Gasteiger partial charge on any atom is 0.356 e. The van der Waals surface area contributed by atoms with Crippen molar-refractivity contribution in [3.63, 3.8) is 0 Å². The monoisotopic (exact) mass is 408 g/mol. The Hall–Kier alpha value is -2.40. The molecule has 3 rings (SSSR count). The van der Waals surface area contributed by atoms with Gasteiger partial charge < -0.3 is 15.6 Å². The van der Waals surface area contributed by atoms with E-state index in [2.05, 4.69) is 10.2 Å². The number of ether oxygens (including phenoxy) is 1. The second kappa shape index (κ2) is 10.1. The summed E-state index contributed by atoms with van der Waals surface area (Å²) in [6.07, 6.45) is 4.21. The predicted molar refractivity (Wildman–Crippen MR) is 101 cm³/mol. The second-order valence-electron chi connectivity index (χ2n) is 5.95. The van der Waals surface area contributed by atoms with Gasteiger partial charge in [0.2, 0.25) is 0 Å². The van der Waals surface area contributed by atoms with Gasteiger partial charge in [0.1, 0.15) is 11.8 Å². The van der Waals surface area contributed by atoms with Crippen LogP contribution in [0.15, 0.2) is 30.3 Å². The third kappa shape index (κ3) is 6.68. The van der Waals surface area contributed by atoms with Crippen LogP contribution in [0.1, 0.15) is 41.7 Å². The molecular weight excluding hydrogens is 391 g/mol. The average Bonchev–Trinajstić information content (AvgIpc) is 2.65. The van der Waals surface area contributed by atoms with Gasteiger partial charge in [-0.05, 0) is 49.9 Å². The molecule has 1 aromatic heterocycles. The van der Waals surface area contributed by atoms with Crippen molar-refractivity contribution in [1.82, 2.24) is 10.2 Å². The van der Waals surface area contributed by atoms with Gasteiger partial charge in [-0.25, -0.2) is 4.79 Å². The molecule has 142 valence electrons. The molecule has 3 N–H and O–H groups in total. The Bertz CT molecular complexity index is 816. The van der Waals surface area contributed by atoms with E-state index in [0.717, 1.165) is 31.4 Å². The quantitative estimate of drug-likeness (QED) is 0.793. The van der Waals surface area contributed by atoms with Gasteiger partial charge in [0.05, 0.1) is 16.7 Å². The van der Waals surface area contributed by atoms with Gasteiger partial charge in [-0.15, -0.1) is 10.2 Å². The molecule has 1 aliphatic rings. The highest BCUT2D eigenvalue weighted by Gasteiger charge is 2.20. The fourth-order valence-electron chi connectivity index (χ4n) is 2.49. The summed E-state index contributed by atoms with van der Waals surface area (Å²) in [7, 11) is 0. The predicted octanol–water partition coefficient (Wildman–Crippen LogP) is 3.69. The Balaban J connectivity index is 0.000000223. The van der Waals surface area contributed by atoms with Crippen LogP contribution in [0.25, 0.3) is 0 Å². The maximum atomic E-state index is 10.2. The van der Waals surface area contributed by atoms with Gasteiger partial charge in [-0.2, -0.15) is 5.26 Å². The number of aromatic carboxylic acids is 1. The molecule has 1 heterocycles. The molecule has 9 heteroatoms. The van der Waals surface area contributed by atoms with Gasteiger partial charge in [0.25, 0.3) is 0 Å². The van der Waals surface area contributed by atoms with Crippen molar-refractivity contribution in [2.75, 3.05) is 0 Å². The minimum absolute atomic E-state index is 0.107. The van der Waals surface area contributed by atoms with Crippen LogP contribution in [0.2, 0.25) is 10.2 Å². The van der Waals surface area contributed by atoms with E-state index in [1.165, 1.54) is 12.1 Å². The molecule has 1 fully saturated rings. The van der Waals surface area contributed by atoms with Crippen molar-refractivity contribution >= 4 is 29.2 Å². The summed E-state index contributed by atoms with van der Waals surface area (Å²) in [5.74, 6) is -0.376. The highest BCUT2D eigenvalue weighted by Crippen LogP contribution is 2.26. The maximum absolute atomic E-state index is 10.2. The van der Waals surface area contributed by atoms with Gasteiger partial charge in [-0.3, -0.25) is 0 Å². The zero-order chi connectivity index (χ0) is 19.8. The molecule has 0 saturated heterocycles.